The molecule has 0 amide bonds. The van der Waals surface area contributed by atoms with Crippen molar-refractivity contribution in [3.8, 4) is 17.1 Å². The van der Waals surface area contributed by atoms with Gasteiger partial charge in [0.2, 0.25) is 0 Å². The Morgan fingerprint density at radius 2 is 2.06 bits per heavy atom. The molecular weight excluding hydrogens is 446 g/mol. The Morgan fingerprint density at radius 3 is 2.77 bits per heavy atom. The molecule has 1 saturated carbocycles. The van der Waals surface area contributed by atoms with E-state index in [-0.39, 0.29) is 17.4 Å². The molecule has 1 aliphatic rings. The fourth-order valence-electron chi connectivity index (χ4n) is 4.27. The van der Waals surface area contributed by atoms with E-state index in [1.807, 2.05) is 32.2 Å². The zero-order valence-corrected chi connectivity index (χ0v) is 20.9. The first-order valence-corrected chi connectivity index (χ1v) is 11.9. The molecule has 10 nitrogen and oxygen atoms in total. The number of pyridine rings is 1. The van der Waals surface area contributed by atoms with Crippen LogP contribution in [0.4, 0.5) is 5.82 Å². The highest BCUT2D eigenvalue weighted by Crippen LogP contribution is 2.30. The number of aryl methyl sites for hydroxylation is 2. The average molecular weight is 480 g/mol. The van der Waals surface area contributed by atoms with Gasteiger partial charge < -0.3 is 15.2 Å². The van der Waals surface area contributed by atoms with Gasteiger partial charge in [-0.1, -0.05) is 26.0 Å². The average Bonchev–Trinajstić information content (AvgIpc) is 3.19. The van der Waals surface area contributed by atoms with Crippen LogP contribution in [0.2, 0.25) is 0 Å². The summed E-state index contributed by atoms with van der Waals surface area (Å²) in [6.07, 6.45) is 4.40. The number of carbonyl (C=O) groups is 1. The van der Waals surface area contributed by atoms with Crippen LogP contribution >= 0.6 is 0 Å². The fraction of sp³-hybridized carbons (Fsp3) is 0.520. The first kappa shape index (κ1) is 24.6. The molecule has 3 aromatic rings. The van der Waals surface area contributed by atoms with Crippen molar-refractivity contribution in [1.82, 2.24) is 29.9 Å². The van der Waals surface area contributed by atoms with E-state index in [0.717, 1.165) is 35.7 Å². The lowest BCUT2D eigenvalue weighted by Gasteiger charge is -2.27. The van der Waals surface area contributed by atoms with Crippen LogP contribution in [0.5, 0.6) is 5.75 Å². The molecule has 2 N–H and O–H groups in total. The number of carboxylic acid groups (broad SMARTS) is 1. The van der Waals surface area contributed by atoms with Gasteiger partial charge >= 0.3 is 5.97 Å². The third-order valence-corrected chi connectivity index (χ3v) is 6.36. The van der Waals surface area contributed by atoms with E-state index < -0.39 is 5.97 Å². The minimum absolute atomic E-state index is 0.0734. The van der Waals surface area contributed by atoms with Gasteiger partial charge in [-0.2, -0.15) is 0 Å². The molecule has 0 saturated heterocycles. The number of ether oxygens (including phenoxy) is 1. The standard InChI is InChI=1S/C25H33N7O3/c1-15-20(35-17-8-6-7-16(11-17)24(33)34)10-9-18(29-15)23-19(32(5)31-30-23)13-26-22-12-21(25(2,3)4)27-14-28-22/h9-10,12,14,16-17H,6-8,11,13H2,1-5H3,(H,33,34)(H,26,27,28)/t16-,17-/m0/s1. The molecule has 0 aliphatic heterocycles. The molecule has 1 aliphatic carbocycles. The van der Waals surface area contributed by atoms with Crippen molar-refractivity contribution in [3.63, 3.8) is 0 Å². The van der Waals surface area contributed by atoms with Gasteiger partial charge in [0.15, 0.2) is 0 Å². The lowest BCUT2D eigenvalue weighted by atomic mass is 9.87. The highest BCUT2D eigenvalue weighted by molar-refractivity contribution is 5.70. The lowest BCUT2D eigenvalue weighted by Crippen LogP contribution is -2.29. The molecular formula is C25H33N7O3. The van der Waals surface area contributed by atoms with Crippen LogP contribution in [0.1, 0.15) is 63.5 Å². The smallest absolute Gasteiger partial charge is 0.306 e. The molecule has 2 atom stereocenters. The van der Waals surface area contributed by atoms with Crippen molar-refractivity contribution in [2.75, 3.05) is 5.32 Å². The number of anilines is 1. The SMILES string of the molecule is Cc1nc(-c2nnn(C)c2CNc2cc(C(C)(C)C)ncn2)ccc1O[C@H]1CCC[C@H](C(=O)O)C1. The highest BCUT2D eigenvalue weighted by atomic mass is 16.5. The maximum absolute atomic E-state index is 11.4. The molecule has 10 heteroatoms. The fourth-order valence-corrected chi connectivity index (χ4v) is 4.27. The molecule has 0 bridgehead atoms. The molecule has 0 aromatic carbocycles. The van der Waals surface area contributed by atoms with E-state index in [2.05, 4.69) is 46.4 Å². The van der Waals surface area contributed by atoms with Crippen molar-refractivity contribution in [1.29, 1.82) is 0 Å². The van der Waals surface area contributed by atoms with Crippen molar-refractivity contribution in [2.24, 2.45) is 13.0 Å². The van der Waals surface area contributed by atoms with E-state index in [0.29, 0.717) is 36.5 Å². The molecule has 1 fully saturated rings. The van der Waals surface area contributed by atoms with Crippen LogP contribution in [0.3, 0.4) is 0 Å². The second-order valence-corrected chi connectivity index (χ2v) is 10.1. The summed E-state index contributed by atoms with van der Waals surface area (Å²) >= 11 is 0. The van der Waals surface area contributed by atoms with Gasteiger partial charge in [0.05, 0.1) is 41.3 Å². The summed E-state index contributed by atoms with van der Waals surface area (Å²) in [5.41, 5.74) is 3.87. The Labute approximate surface area is 205 Å². The predicted octanol–water partition coefficient (Wildman–Crippen LogP) is 3.91. The van der Waals surface area contributed by atoms with Crippen LogP contribution in [-0.2, 0) is 23.8 Å². The van der Waals surface area contributed by atoms with E-state index in [4.69, 9.17) is 9.72 Å². The Morgan fingerprint density at radius 1 is 1.26 bits per heavy atom. The minimum Gasteiger partial charge on any atom is -0.489 e. The summed E-state index contributed by atoms with van der Waals surface area (Å²) in [5, 5.41) is 21.2. The molecule has 3 aromatic heterocycles. The number of aliphatic carboxylic acids is 1. The second kappa shape index (κ2) is 9.97. The molecule has 186 valence electrons. The number of hydrogen-bond donors (Lipinski definition) is 2. The molecule has 3 heterocycles. The van der Waals surface area contributed by atoms with Gasteiger partial charge in [-0.25, -0.2) is 19.6 Å². The van der Waals surface area contributed by atoms with E-state index >= 15 is 0 Å². The summed E-state index contributed by atoms with van der Waals surface area (Å²) in [4.78, 5) is 24.8. The number of carboxylic acids is 1. The quantitative estimate of drug-likeness (QED) is 0.518. The van der Waals surface area contributed by atoms with Crippen molar-refractivity contribution >= 4 is 11.8 Å². The monoisotopic (exact) mass is 479 g/mol. The van der Waals surface area contributed by atoms with Crippen LogP contribution in [0.25, 0.3) is 11.4 Å². The zero-order valence-electron chi connectivity index (χ0n) is 20.9. The highest BCUT2D eigenvalue weighted by Gasteiger charge is 2.28. The van der Waals surface area contributed by atoms with Gasteiger partial charge in [0, 0.05) is 18.5 Å². The van der Waals surface area contributed by atoms with Crippen molar-refractivity contribution < 1.29 is 14.6 Å². The van der Waals surface area contributed by atoms with Gasteiger partial charge in [-0.05, 0) is 44.7 Å². The van der Waals surface area contributed by atoms with E-state index in [9.17, 15) is 9.90 Å². The molecule has 0 radical (unpaired) electrons. The molecule has 0 unspecified atom stereocenters. The first-order chi connectivity index (χ1) is 16.6. The Hall–Kier alpha value is -3.56. The summed E-state index contributed by atoms with van der Waals surface area (Å²) in [6.45, 7) is 8.70. The van der Waals surface area contributed by atoms with Crippen molar-refractivity contribution in [3.05, 3.63) is 41.6 Å². The number of nitrogens with zero attached hydrogens (tertiary/aromatic N) is 6. The maximum atomic E-state index is 11.4. The largest absolute Gasteiger partial charge is 0.489 e. The lowest BCUT2D eigenvalue weighted by molar-refractivity contribution is -0.143. The zero-order chi connectivity index (χ0) is 25.2. The van der Waals surface area contributed by atoms with Crippen LogP contribution in [-0.4, -0.2) is 47.1 Å². The third-order valence-electron chi connectivity index (χ3n) is 6.36. The maximum Gasteiger partial charge on any atom is 0.306 e. The number of hydrogen-bond acceptors (Lipinski definition) is 8. The van der Waals surface area contributed by atoms with Gasteiger partial charge in [0.1, 0.15) is 23.6 Å². The second-order valence-electron chi connectivity index (χ2n) is 10.1. The Bertz CT molecular complexity index is 1200. The first-order valence-electron chi connectivity index (χ1n) is 11.9. The van der Waals surface area contributed by atoms with Gasteiger partial charge in [-0.3, -0.25) is 4.79 Å². The van der Waals surface area contributed by atoms with Gasteiger partial charge in [0.25, 0.3) is 0 Å². The van der Waals surface area contributed by atoms with Crippen LogP contribution in [0, 0.1) is 12.8 Å². The summed E-state index contributed by atoms with van der Waals surface area (Å²) < 4.78 is 7.87. The minimum atomic E-state index is -0.746. The van der Waals surface area contributed by atoms with E-state index in [1.165, 1.54) is 0 Å². The molecule has 4 rings (SSSR count). The summed E-state index contributed by atoms with van der Waals surface area (Å²) in [6, 6.07) is 5.71. The number of rotatable bonds is 7. The van der Waals surface area contributed by atoms with E-state index in [1.54, 1.807) is 11.0 Å². The number of aromatic nitrogens is 6. The van der Waals surface area contributed by atoms with Crippen molar-refractivity contribution in [2.45, 2.75) is 71.4 Å². The topological polar surface area (TPSA) is 128 Å². The van der Waals surface area contributed by atoms with Crippen LogP contribution in [0.15, 0.2) is 24.5 Å². The van der Waals surface area contributed by atoms with Gasteiger partial charge in [-0.15, -0.1) is 5.10 Å². The third kappa shape index (κ3) is 5.75. The number of nitrogens with one attached hydrogen (secondary N) is 1. The summed E-state index contributed by atoms with van der Waals surface area (Å²) in [7, 11) is 1.85. The Kier molecular flexibility index (Phi) is 7.00. The predicted molar refractivity (Wildman–Crippen MR) is 131 cm³/mol. The normalized spacial score (nSPS) is 18.3. The van der Waals surface area contributed by atoms with Crippen LogP contribution < -0.4 is 10.1 Å². The summed E-state index contributed by atoms with van der Waals surface area (Å²) in [5.74, 6) is 0.315. The molecule has 0 spiro atoms. The molecule has 35 heavy (non-hydrogen) atoms. The Balaban J connectivity index is 1.49.